The number of halogens is 3. The predicted octanol–water partition coefficient (Wildman–Crippen LogP) is 3.46. The topological polar surface area (TPSA) is 53.0 Å². The van der Waals surface area contributed by atoms with Crippen LogP contribution in [0.2, 0.25) is 0 Å². The molecule has 4 aliphatic rings. The molecule has 3 aliphatic heterocycles. The molecule has 29 heavy (non-hydrogen) atoms. The van der Waals surface area contributed by atoms with Gasteiger partial charge < -0.3 is 0 Å². The van der Waals surface area contributed by atoms with Crippen molar-refractivity contribution >= 4 is 15.5 Å². The molecule has 4 rings (SSSR count). The lowest BCUT2D eigenvalue weighted by Crippen LogP contribution is -2.52. The minimum absolute atomic E-state index is 0.0347. The summed E-state index contributed by atoms with van der Waals surface area (Å²) in [5, 5.41) is 5.36. The molecule has 1 spiro atoms. The lowest BCUT2D eigenvalue weighted by atomic mass is 9.71. The first-order valence-electron chi connectivity index (χ1n) is 10.8. The highest BCUT2D eigenvalue weighted by Crippen LogP contribution is 2.46. The van der Waals surface area contributed by atoms with Crippen molar-refractivity contribution in [3.8, 4) is 0 Å². The highest BCUT2D eigenvalue weighted by Gasteiger charge is 2.52. The fourth-order valence-corrected chi connectivity index (χ4v) is 8.48. The summed E-state index contributed by atoms with van der Waals surface area (Å²) in [5.41, 5.74) is -1.30. The van der Waals surface area contributed by atoms with Crippen LogP contribution < -0.4 is 0 Å². The minimum atomic E-state index is -4.35. The number of likely N-dealkylation sites (tertiary alicyclic amines) is 1. The summed E-state index contributed by atoms with van der Waals surface area (Å²) in [4.78, 5) is 2.49. The molecule has 1 aliphatic carbocycles. The molecule has 0 radical (unpaired) electrons. The Morgan fingerprint density at radius 3 is 2.38 bits per heavy atom. The van der Waals surface area contributed by atoms with Crippen LogP contribution in [0.25, 0.3) is 0 Å². The maximum Gasteiger partial charge on any atom is 0.431 e. The van der Waals surface area contributed by atoms with Gasteiger partial charge in [-0.2, -0.15) is 18.3 Å². The van der Waals surface area contributed by atoms with Gasteiger partial charge in [0, 0.05) is 26.1 Å². The summed E-state index contributed by atoms with van der Waals surface area (Å²) in [7, 11) is -1.23. The Bertz CT molecular complexity index is 776. The molecule has 166 valence electrons. The van der Waals surface area contributed by atoms with Gasteiger partial charge in [0.15, 0.2) is 9.84 Å². The molecule has 0 N–H and O–H groups in total. The molecule has 3 heterocycles. The first kappa shape index (κ1) is 21.4. The molecule has 0 aromatic carbocycles. The molecule has 3 fully saturated rings. The molecule has 0 aromatic heterocycles. The predicted molar refractivity (Wildman–Crippen MR) is 107 cm³/mol. The van der Waals surface area contributed by atoms with Gasteiger partial charge in [-0.25, -0.2) is 8.42 Å². The van der Waals surface area contributed by atoms with Gasteiger partial charge in [0.2, 0.25) is 0 Å². The number of hydrazone groups is 1. The summed E-state index contributed by atoms with van der Waals surface area (Å²) < 4.78 is 63.5. The van der Waals surface area contributed by atoms with E-state index in [1.807, 2.05) is 6.92 Å². The number of nitrogens with zero attached hydrogens (tertiary/aromatic N) is 3. The van der Waals surface area contributed by atoms with E-state index in [0.717, 1.165) is 58.0 Å². The van der Waals surface area contributed by atoms with E-state index in [4.69, 9.17) is 0 Å². The molecule has 0 bridgehead atoms. The molecule has 9 heteroatoms. The van der Waals surface area contributed by atoms with Gasteiger partial charge in [-0.05, 0) is 69.7 Å². The van der Waals surface area contributed by atoms with Crippen molar-refractivity contribution in [3.05, 3.63) is 0 Å². The van der Waals surface area contributed by atoms with E-state index in [2.05, 4.69) is 10.0 Å². The van der Waals surface area contributed by atoms with Gasteiger partial charge in [-0.15, -0.1) is 0 Å². The van der Waals surface area contributed by atoms with Crippen LogP contribution in [0.1, 0.15) is 58.3 Å². The van der Waals surface area contributed by atoms with E-state index in [1.54, 1.807) is 12.1 Å². The zero-order valence-electron chi connectivity index (χ0n) is 17.3. The second kappa shape index (κ2) is 7.11. The van der Waals surface area contributed by atoms with Gasteiger partial charge in [0.05, 0.1) is 17.0 Å². The van der Waals surface area contributed by atoms with Crippen LogP contribution in [-0.2, 0) is 9.84 Å². The normalized spacial score (nSPS) is 41.1. The quantitative estimate of drug-likeness (QED) is 0.667. The highest BCUT2D eigenvalue weighted by atomic mass is 32.2. The Labute approximate surface area is 171 Å². The molecular weight excluding hydrogens is 403 g/mol. The molecule has 5 nitrogen and oxygen atoms in total. The third kappa shape index (κ3) is 4.05. The second-order valence-electron chi connectivity index (χ2n) is 10.0. The van der Waals surface area contributed by atoms with E-state index >= 15 is 0 Å². The van der Waals surface area contributed by atoms with E-state index in [9.17, 15) is 21.6 Å². The highest BCUT2D eigenvalue weighted by molar-refractivity contribution is 7.91. The van der Waals surface area contributed by atoms with Crippen LogP contribution in [0.4, 0.5) is 13.2 Å². The monoisotopic (exact) mass is 435 g/mol. The molecule has 2 unspecified atom stereocenters. The van der Waals surface area contributed by atoms with Crippen molar-refractivity contribution in [2.45, 2.75) is 76.0 Å². The second-order valence-corrected chi connectivity index (χ2v) is 12.2. The Morgan fingerprint density at radius 2 is 1.83 bits per heavy atom. The van der Waals surface area contributed by atoms with Crippen molar-refractivity contribution in [2.75, 3.05) is 31.6 Å². The lowest BCUT2D eigenvalue weighted by molar-refractivity contribution is -0.0606. The van der Waals surface area contributed by atoms with Crippen molar-refractivity contribution in [1.29, 1.82) is 0 Å². The van der Waals surface area contributed by atoms with Crippen molar-refractivity contribution < 1.29 is 21.6 Å². The Hall–Kier alpha value is -0.830. The molecule has 0 aromatic rings. The largest absolute Gasteiger partial charge is 0.431 e. The fourth-order valence-electron chi connectivity index (χ4n) is 6.27. The van der Waals surface area contributed by atoms with E-state index < -0.39 is 27.3 Å². The van der Waals surface area contributed by atoms with Crippen molar-refractivity contribution in [1.82, 2.24) is 9.91 Å². The number of hydrogen-bond donors (Lipinski definition) is 0. The SMILES string of the molecule is CN1N=C(C(F)(F)F)CC1(C)[C@H]1CC[C@H](N2CCCC3(CCS(=O)(=O)C3)C2)CC1. The maximum atomic E-state index is 13.1. The van der Waals surface area contributed by atoms with E-state index in [1.165, 1.54) is 0 Å². The van der Waals surface area contributed by atoms with Gasteiger partial charge in [0.1, 0.15) is 5.71 Å². The average molecular weight is 436 g/mol. The maximum absolute atomic E-state index is 13.1. The zero-order valence-corrected chi connectivity index (χ0v) is 18.2. The van der Waals surface area contributed by atoms with Crippen LogP contribution in [0.5, 0.6) is 0 Å². The fraction of sp³-hybridized carbons (Fsp3) is 0.950. The summed E-state index contributed by atoms with van der Waals surface area (Å²) in [6.45, 7) is 3.79. The third-order valence-electron chi connectivity index (χ3n) is 8.12. The van der Waals surface area contributed by atoms with Crippen LogP contribution >= 0.6 is 0 Å². The third-order valence-corrected chi connectivity index (χ3v) is 9.99. The number of hydrogen-bond acceptors (Lipinski definition) is 5. The lowest BCUT2D eigenvalue weighted by Gasteiger charge is -2.48. The van der Waals surface area contributed by atoms with E-state index in [-0.39, 0.29) is 17.8 Å². The van der Waals surface area contributed by atoms with Gasteiger partial charge in [-0.1, -0.05) is 0 Å². The van der Waals surface area contributed by atoms with Crippen LogP contribution in [0.3, 0.4) is 0 Å². The number of alkyl halides is 3. The number of sulfone groups is 1. The Kier molecular flexibility index (Phi) is 5.25. The molecule has 1 saturated carbocycles. The zero-order chi connectivity index (χ0) is 21.1. The van der Waals surface area contributed by atoms with Crippen molar-refractivity contribution in [3.63, 3.8) is 0 Å². The first-order chi connectivity index (χ1) is 13.4. The summed E-state index contributed by atoms with van der Waals surface area (Å²) >= 11 is 0. The van der Waals surface area contributed by atoms with Gasteiger partial charge >= 0.3 is 6.18 Å². The number of piperidine rings is 1. The molecule has 2 atom stereocenters. The minimum Gasteiger partial charge on any atom is -0.300 e. The van der Waals surface area contributed by atoms with Gasteiger partial charge in [-0.3, -0.25) is 9.91 Å². The number of rotatable bonds is 2. The van der Waals surface area contributed by atoms with E-state index in [0.29, 0.717) is 17.5 Å². The van der Waals surface area contributed by atoms with Crippen LogP contribution in [0.15, 0.2) is 5.10 Å². The Morgan fingerprint density at radius 1 is 1.14 bits per heavy atom. The molecule has 0 amide bonds. The van der Waals surface area contributed by atoms with Crippen LogP contribution in [0, 0.1) is 11.3 Å². The van der Waals surface area contributed by atoms with Gasteiger partial charge in [0.25, 0.3) is 0 Å². The first-order valence-corrected chi connectivity index (χ1v) is 12.6. The average Bonchev–Trinajstić information content (AvgIpc) is 3.12. The summed E-state index contributed by atoms with van der Waals surface area (Å²) in [6, 6.07) is 0.421. The molecule has 2 saturated heterocycles. The Balaban J connectivity index is 1.36. The van der Waals surface area contributed by atoms with Crippen LogP contribution in [-0.4, -0.2) is 73.4 Å². The summed E-state index contributed by atoms with van der Waals surface area (Å²) in [5.74, 6) is 0.837. The summed E-state index contributed by atoms with van der Waals surface area (Å²) in [6.07, 6.45) is 2.16. The van der Waals surface area contributed by atoms with Crippen molar-refractivity contribution in [2.24, 2.45) is 16.4 Å². The smallest absolute Gasteiger partial charge is 0.300 e. The standard InChI is InChI=1S/C20H32F3N3O2S/c1-18(12-17(20(21,22)23)24-25(18)2)15-4-6-16(7-5-15)26-10-3-8-19(13-26)9-11-29(27,28)14-19/h15-16H,3-14H2,1-2H3/t15-,16-,18?,19?. The molecular formula is C20H32F3N3O2S.